The van der Waals surface area contributed by atoms with E-state index in [2.05, 4.69) is 12.2 Å². The molecule has 5 nitrogen and oxygen atoms in total. The molecule has 1 aliphatic rings. The number of nitrogens with zero attached hydrogens (tertiary/aromatic N) is 1. The van der Waals surface area contributed by atoms with Crippen molar-refractivity contribution in [2.75, 3.05) is 29.9 Å². The molecule has 22 heavy (non-hydrogen) atoms. The number of anilines is 1. The lowest BCUT2D eigenvalue weighted by molar-refractivity contribution is -0.130. The fourth-order valence-electron chi connectivity index (χ4n) is 2.93. The average molecular weight is 324 g/mol. The highest BCUT2D eigenvalue weighted by Gasteiger charge is 2.33. The Hall–Kier alpha value is -1.56. The lowest BCUT2D eigenvalue weighted by atomic mass is 10.1. The summed E-state index contributed by atoms with van der Waals surface area (Å²) < 4.78 is 23.2. The van der Waals surface area contributed by atoms with Gasteiger partial charge in [-0.1, -0.05) is 25.1 Å². The molecule has 1 atom stereocenters. The van der Waals surface area contributed by atoms with Crippen LogP contribution in [0.15, 0.2) is 24.3 Å². The topological polar surface area (TPSA) is 66.5 Å². The molecule has 1 fully saturated rings. The fourth-order valence-corrected chi connectivity index (χ4v) is 4.66. The van der Waals surface area contributed by atoms with Gasteiger partial charge in [0.05, 0.1) is 18.1 Å². The second-order valence-electron chi connectivity index (χ2n) is 5.60. The largest absolute Gasteiger partial charge is 0.376 e. The Balaban J connectivity index is 1.98. The van der Waals surface area contributed by atoms with Crippen molar-refractivity contribution in [1.29, 1.82) is 0 Å². The maximum absolute atomic E-state index is 12.4. The molecule has 2 rings (SSSR count). The molecular formula is C16H24N2O3S. The molecule has 0 radical (unpaired) electrons. The summed E-state index contributed by atoms with van der Waals surface area (Å²) in [6.07, 6.45) is 1.45. The van der Waals surface area contributed by atoms with Crippen LogP contribution in [0.1, 0.15) is 25.8 Å². The molecule has 0 saturated carbocycles. The van der Waals surface area contributed by atoms with Crippen LogP contribution >= 0.6 is 0 Å². The molecule has 0 aliphatic carbocycles. The summed E-state index contributed by atoms with van der Waals surface area (Å²) >= 11 is 0. The van der Waals surface area contributed by atoms with Crippen LogP contribution in [-0.2, 0) is 21.1 Å². The smallest absolute Gasteiger partial charge is 0.242 e. The van der Waals surface area contributed by atoms with Gasteiger partial charge in [-0.15, -0.1) is 0 Å². The summed E-state index contributed by atoms with van der Waals surface area (Å²) in [5.41, 5.74) is 2.13. The second-order valence-corrected chi connectivity index (χ2v) is 7.83. The molecule has 1 aromatic carbocycles. The minimum atomic E-state index is -2.98. The van der Waals surface area contributed by atoms with E-state index in [1.165, 1.54) is 5.56 Å². The molecule has 0 aromatic heterocycles. The number of benzene rings is 1. The predicted molar refractivity (Wildman–Crippen MR) is 88.8 cm³/mol. The van der Waals surface area contributed by atoms with Crippen molar-refractivity contribution in [3.8, 4) is 0 Å². The van der Waals surface area contributed by atoms with Gasteiger partial charge in [0.1, 0.15) is 0 Å². The van der Waals surface area contributed by atoms with Gasteiger partial charge >= 0.3 is 0 Å². The van der Waals surface area contributed by atoms with Crippen LogP contribution in [0, 0.1) is 0 Å². The van der Waals surface area contributed by atoms with E-state index in [0.717, 1.165) is 12.1 Å². The first-order valence-electron chi connectivity index (χ1n) is 7.78. The monoisotopic (exact) mass is 324 g/mol. The maximum Gasteiger partial charge on any atom is 0.242 e. The van der Waals surface area contributed by atoms with Crippen LogP contribution in [0.25, 0.3) is 0 Å². The van der Waals surface area contributed by atoms with E-state index in [1.54, 1.807) is 4.90 Å². The molecule has 1 amide bonds. The van der Waals surface area contributed by atoms with Gasteiger partial charge in [-0.2, -0.15) is 0 Å². The average Bonchev–Trinajstić information content (AvgIpc) is 2.86. The zero-order valence-corrected chi connectivity index (χ0v) is 14.0. The number of amides is 1. The quantitative estimate of drug-likeness (QED) is 0.865. The number of carbonyl (C=O) groups excluding carboxylic acids is 1. The van der Waals surface area contributed by atoms with E-state index in [0.29, 0.717) is 13.0 Å². The third-order valence-corrected chi connectivity index (χ3v) is 5.89. The van der Waals surface area contributed by atoms with Gasteiger partial charge in [0.2, 0.25) is 5.91 Å². The number of hydrogen-bond donors (Lipinski definition) is 1. The number of rotatable bonds is 6. The van der Waals surface area contributed by atoms with E-state index in [-0.39, 0.29) is 30.0 Å². The molecule has 6 heteroatoms. The second kappa shape index (κ2) is 7.13. The highest BCUT2D eigenvalue weighted by Crippen LogP contribution is 2.19. The minimum absolute atomic E-state index is 0.0458. The van der Waals surface area contributed by atoms with Crippen LogP contribution in [0.4, 0.5) is 5.69 Å². The van der Waals surface area contributed by atoms with Crippen molar-refractivity contribution >= 4 is 21.4 Å². The van der Waals surface area contributed by atoms with Crippen LogP contribution in [-0.4, -0.2) is 49.9 Å². The zero-order chi connectivity index (χ0) is 16.2. The summed E-state index contributed by atoms with van der Waals surface area (Å²) in [7, 11) is -2.98. The molecule has 0 bridgehead atoms. The van der Waals surface area contributed by atoms with Crippen LogP contribution in [0.3, 0.4) is 0 Å². The van der Waals surface area contributed by atoms with E-state index in [1.807, 2.05) is 31.2 Å². The molecular weight excluding hydrogens is 300 g/mol. The first-order chi connectivity index (χ1) is 10.5. The lowest BCUT2D eigenvalue weighted by Crippen LogP contribution is -2.43. The van der Waals surface area contributed by atoms with Gasteiger partial charge in [0.25, 0.3) is 0 Å². The Labute approximate surface area is 132 Å². The number of para-hydroxylation sites is 1. The highest BCUT2D eigenvalue weighted by atomic mass is 32.2. The van der Waals surface area contributed by atoms with Crippen molar-refractivity contribution in [1.82, 2.24) is 4.90 Å². The third kappa shape index (κ3) is 4.00. The summed E-state index contributed by atoms with van der Waals surface area (Å²) in [6, 6.07) is 7.74. The Morgan fingerprint density at radius 1 is 1.32 bits per heavy atom. The lowest BCUT2D eigenvalue weighted by Gasteiger charge is -2.27. The van der Waals surface area contributed by atoms with Crippen molar-refractivity contribution in [3.05, 3.63) is 29.8 Å². The third-order valence-electron chi connectivity index (χ3n) is 4.14. The summed E-state index contributed by atoms with van der Waals surface area (Å²) in [5, 5.41) is 3.18. The fraction of sp³-hybridized carbons (Fsp3) is 0.562. The number of nitrogens with one attached hydrogen (secondary N) is 1. The van der Waals surface area contributed by atoms with Crippen molar-refractivity contribution < 1.29 is 13.2 Å². The molecule has 0 spiro atoms. The normalized spacial score (nSPS) is 19.8. The number of sulfone groups is 1. The molecule has 1 N–H and O–H groups in total. The van der Waals surface area contributed by atoms with E-state index >= 15 is 0 Å². The highest BCUT2D eigenvalue weighted by molar-refractivity contribution is 7.91. The summed E-state index contributed by atoms with van der Waals surface area (Å²) in [5.74, 6) is 0.238. The van der Waals surface area contributed by atoms with Crippen LogP contribution in [0.5, 0.6) is 0 Å². The Kier molecular flexibility index (Phi) is 5.45. The molecule has 122 valence electrons. The molecule has 1 aromatic rings. The Morgan fingerprint density at radius 3 is 2.64 bits per heavy atom. The Morgan fingerprint density at radius 2 is 2.05 bits per heavy atom. The first-order valence-corrected chi connectivity index (χ1v) is 9.60. The van der Waals surface area contributed by atoms with E-state index in [4.69, 9.17) is 0 Å². The van der Waals surface area contributed by atoms with Crippen molar-refractivity contribution in [2.45, 2.75) is 32.7 Å². The number of carbonyl (C=O) groups is 1. The van der Waals surface area contributed by atoms with Crippen LogP contribution in [0.2, 0.25) is 0 Å². The predicted octanol–water partition coefficient (Wildman–Crippen LogP) is 1.70. The van der Waals surface area contributed by atoms with E-state index in [9.17, 15) is 13.2 Å². The van der Waals surface area contributed by atoms with Crippen LogP contribution < -0.4 is 5.32 Å². The van der Waals surface area contributed by atoms with Gasteiger partial charge in [-0.25, -0.2) is 8.42 Å². The van der Waals surface area contributed by atoms with Crippen molar-refractivity contribution in [3.63, 3.8) is 0 Å². The van der Waals surface area contributed by atoms with Crippen molar-refractivity contribution in [2.24, 2.45) is 0 Å². The van der Waals surface area contributed by atoms with Gasteiger partial charge in [0.15, 0.2) is 9.84 Å². The minimum Gasteiger partial charge on any atom is -0.376 e. The molecule has 1 heterocycles. The van der Waals surface area contributed by atoms with Gasteiger partial charge < -0.3 is 10.2 Å². The summed E-state index contributed by atoms with van der Waals surface area (Å²) in [4.78, 5) is 14.1. The molecule has 1 unspecified atom stereocenters. The zero-order valence-electron chi connectivity index (χ0n) is 13.2. The van der Waals surface area contributed by atoms with Gasteiger partial charge in [-0.3, -0.25) is 4.79 Å². The summed E-state index contributed by atoms with van der Waals surface area (Å²) in [6.45, 7) is 4.70. The van der Waals surface area contributed by atoms with Gasteiger partial charge in [0, 0.05) is 18.3 Å². The first kappa shape index (κ1) is 16.8. The number of aryl methyl sites for hydroxylation is 1. The number of hydrogen-bond acceptors (Lipinski definition) is 4. The standard InChI is InChI=1S/C16H24N2O3S/c1-3-13-7-5-6-8-15(13)17-11-16(19)18(4-2)14-9-10-22(20,21)12-14/h5-8,14,17H,3-4,9-12H2,1-2H3. The Bertz CT molecular complexity index is 628. The van der Waals surface area contributed by atoms with E-state index < -0.39 is 9.84 Å². The maximum atomic E-state index is 12.4. The number of likely N-dealkylation sites (N-methyl/N-ethyl adjacent to an activating group) is 1. The molecule has 1 aliphatic heterocycles. The molecule has 1 saturated heterocycles. The SMILES string of the molecule is CCc1ccccc1NCC(=O)N(CC)C1CCS(=O)(=O)C1. The van der Waals surface area contributed by atoms with Gasteiger partial charge in [-0.05, 0) is 31.4 Å².